The molecule has 2 aromatic rings. The Morgan fingerprint density at radius 2 is 1.70 bits per heavy atom. The lowest BCUT2D eigenvalue weighted by Gasteiger charge is -2.13. The molecular weight excluding hydrogens is 294 g/mol. The number of aryl methyl sites for hydroxylation is 1. The molecule has 1 saturated carbocycles. The Bertz CT molecular complexity index is 687. The minimum absolute atomic E-state index is 0.122. The maximum Gasteiger partial charge on any atom is 0.225 e. The van der Waals surface area contributed by atoms with Crippen LogP contribution in [0.3, 0.4) is 0 Å². The summed E-state index contributed by atoms with van der Waals surface area (Å²) < 4.78 is 0. The minimum Gasteiger partial charge on any atom is -0.396 e. The molecule has 2 heterocycles. The molecule has 4 N–H and O–H groups in total. The fraction of sp³-hybridized carbons (Fsp3) is 0.600. The molecule has 1 aliphatic rings. The smallest absolute Gasteiger partial charge is 0.225 e. The molecule has 0 spiro atoms. The van der Waals surface area contributed by atoms with Gasteiger partial charge in [0.25, 0.3) is 0 Å². The normalized spacial score (nSPS) is 14.0. The van der Waals surface area contributed by atoms with Gasteiger partial charge in [0.1, 0.15) is 11.0 Å². The first-order valence-electron chi connectivity index (χ1n) is 8.04. The van der Waals surface area contributed by atoms with Crippen molar-refractivity contribution >= 4 is 28.7 Å². The SMILES string of the molecule is CNc1nc(NCC2CC2)c2nc(NC)nc(CCCO)c2n1. The second kappa shape index (κ2) is 6.91. The Labute approximate surface area is 135 Å². The second-order valence-corrected chi connectivity index (χ2v) is 5.74. The summed E-state index contributed by atoms with van der Waals surface area (Å²) >= 11 is 0. The van der Waals surface area contributed by atoms with Crippen LogP contribution >= 0.6 is 0 Å². The zero-order valence-corrected chi connectivity index (χ0v) is 13.6. The van der Waals surface area contributed by atoms with Gasteiger partial charge < -0.3 is 21.1 Å². The molecule has 0 saturated heterocycles. The minimum atomic E-state index is 0.122. The van der Waals surface area contributed by atoms with Gasteiger partial charge in [-0.05, 0) is 31.6 Å². The lowest BCUT2D eigenvalue weighted by Crippen LogP contribution is -2.11. The number of aliphatic hydroxyl groups excluding tert-OH is 1. The molecule has 3 rings (SSSR count). The molecule has 0 bridgehead atoms. The summed E-state index contributed by atoms with van der Waals surface area (Å²) in [5, 5.41) is 18.5. The number of hydrogen-bond acceptors (Lipinski definition) is 8. The van der Waals surface area contributed by atoms with Crippen molar-refractivity contribution in [3.63, 3.8) is 0 Å². The quantitative estimate of drug-likeness (QED) is 0.576. The first-order chi connectivity index (χ1) is 11.2. The summed E-state index contributed by atoms with van der Waals surface area (Å²) in [5.74, 6) is 2.55. The van der Waals surface area contributed by atoms with E-state index >= 15 is 0 Å². The molecule has 0 aliphatic heterocycles. The van der Waals surface area contributed by atoms with Crippen LogP contribution in [0.2, 0.25) is 0 Å². The number of aliphatic hydroxyl groups is 1. The molecule has 1 aliphatic carbocycles. The van der Waals surface area contributed by atoms with Crippen molar-refractivity contribution in [3.8, 4) is 0 Å². The highest BCUT2D eigenvalue weighted by Gasteiger charge is 2.22. The Morgan fingerprint density at radius 1 is 1.00 bits per heavy atom. The van der Waals surface area contributed by atoms with Gasteiger partial charge >= 0.3 is 0 Å². The van der Waals surface area contributed by atoms with Crippen LogP contribution in [0.5, 0.6) is 0 Å². The average Bonchev–Trinajstić information content (AvgIpc) is 3.41. The topological polar surface area (TPSA) is 108 Å². The van der Waals surface area contributed by atoms with Gasteiger partial charge in [-0.25, -0.2) is 15.0 Å². The Morgan fingerprint density at radius 3 is 2.35 bits per heavy atom. The number of anilines is 3. The van der Waals surface area contributed by atoms with Gasteiger partial charge in [-0.2, -0.15) is 4.98 Å². The number of rotatable bonds is 8. The molecule has 8 heteroatoms. The van der Waals surface area contributed by atoms with E-state index in [0.717, 1.165) is 35.0 Å². The van der Waals surface area contributed by atoms with E-state index in [1.165, 1.54) is 12.8 Å². The first-order valence-corrected chi connectivity index (χ1v) is 8.04. The molecule has 8 nitrogen and oxygen atoms in total. The van der Waals surface area contributed by atoms with Crippen LogP contribution in [-0.2, 0) is 6.42 Å². The van der Waals surface area contributed by atoms with Gasteiger partial charge in [-0.15, -0.1) is 0 Å². The van der Waals surface area contributed by atoms with Crippen LogP contribution < -0.4 is 16.0 Å². The maximum atomic E-state index is 9.12. The molecule has 0 unspecified atom stereocenters. The molecule has 124 valence electrons. The van der Waals surface area contributed by atoms with Crippen molar-refractivity contribution in [2.24, 2.45) is 5.92 Å². The molecule has 0 aromatic carbocycles. The predicted octanol–water partition coefficient (Wildman–Crippen LogP) is 1.25. The summed E-state index contributed by atoms with van der Waals surface area (Å²) in [6.45, 7) is 1.03. The molecule has 23 heavy (non-hydrogen) atoms. The zero-order valence-electron chi connectivity index (χ0n) is 13.6. The monoisotopic (exact) mass is 317 g/mol. The van der Waals surface area contributed by atoms with Crippen LogP contribution in [0, 0.1) is 5.92 Å². The summed E-state index contributed by atoms with van der Waals surface area (Å²) in [4.78, 5) is 18.1. The molecule has 0 atom stereocenters. The Balaban J connectivity index is 2.07. The predicted molar refractivity (Wildman–Crippen MR) is 90.8 cm³/mol. The molecule has 1 fully saturated rings. The summed E-state index contributed by atoms with van der Waals surface area (Å²) in [6, 6.07) is 0. The molecule has 0 amide bonds. The average molecular weight is 317 g/mol. The van der Waals surface area contributed by atoms with Gasteiger partial charge in [-0.3, -0.25) is 0 Å². The van der Waals surface area contributed by atoms with Crippen molar-refractivity contribution in [1.82, 2.24) is 19.9 Å². The van der Waals surface area contributed by atoms with E-state index in [4.69, 9.17) is 5.11 Å². The van der Waals surface area contributed by atoms with E-state index in [1.54, 1.807) is 14.1 Å². The van der Waals surface area contributed by atoms with E-state index in [-0.39, 0.29) is 6.61 Å². The van der Waals surface area contributed by atoms with Crippen LogP contribution in [0.4, 0.5) is 17.7 Å². The zero-order chi connectivity index (χ0) is 16.2. The second-order valence-electron chi connectivity index (χ2n) is 5.74. The van der Waals surface area contributed by atoms with Gasteiger partial charge in [0.05, 0.1) is 5.69 Å². The molecule has 0 radical (unpaired) electrons. The first kappa shape index (κ1) is 15.7. The van der Waals surface area contributed by atoms with Crippen molar-refractivity contribution in [1.29, 1.82) is 0 Å². The number of nitrogens with one attached hydrogen (secondary N) is 3. The van der Waals surface area contributed by atoms with Gasteiger partial charge in [0, 0.05) is 27.2 Å². The number of nitrogens with zero attached hydrogens (tertiary/aromatic N) is 4. The maximum absolute atomic E-state index is 9.12. The van der Waals surface area contributed by atoms with E-state index < -0.39 is 0 Å². The third kappa shape index (κ3) is 3.58. The van der Waals surface area contributed by atoms with E-state index in [2.05, 4.69) is 35.9 Å². The summed E-state index contributed by atoms with van der Waals surface area (Å²) in [6.07, 6.45) is 3.83. The fourth-order valence-corrected chi connectivity index (χ4v) is 2.40. The third-order valence-corrected chi connectivity index (χ3v) is 3.89. The standard InChI is InChI=1S/C15H23N7O/c1-16-14-19-10(4-3-7-23)11-12(21-14)13(18-8-9-5-6-9)22-15(17-2)20-11/h9,23H,3-8H2,1-2H3,(H,16,19,21)(H2,17,18,20,22). The van der Waals surface area contributed by atoms with Crippen LogP contribution in [-0.4, -0.2) is 52.3 Å². The van der Waals surface area contributed by atoms with Crippen LogP contribution in [0.15, 0.2) is 0 Å². The van der Waals surface area contributed by atoms with Crippen molar-refractivity contribution in [2.45, 2.75) is 25.7 Å². The van der Waals surface area contributed by atoms with Gasteiger partial charge in [-0.1, -0.05) is 0 Å². The Hall–Kier alpha value is -2.22. The Kier molecular flexibility index (Phi) is 4.71. The van der Waals surface area contributed by atoms with E-state index in [9.17, 15) is 0 Å². The van der Waals surface area contributed by atoms with E-state index in [1.807, 2.05) is 0 Å². The summed E-state index contributed by atoms with van der Waals surface area (Å²) in [5.41, 5.74) is 2.27. The molecule has 2 aromatic heterocycles. The van der Waals surface area contributed by atoms with Crippen molar-refractivity contribution < 1.29 is 5.11 Å². The third-order valence-electron chi connectivity index (χ3n) is 3.89. The highest BCUT2D eigenvalue weighted by molar-refractivity contribution is 5.88. The molecular formula is C15H23N7O. The number of aromatic nitrogens is 4. The fourth-order valence-electron chi connectivity index (χ4n) is 2.40. The largest absolute Gasteiger partial charge is 0.396 e. The van der Waals surface area contributed by atoms with E-state index in [0.29, 0.717) is 24.7 Å². The highest BCUT2D eigenvalue weighted by Crippen LogP contribution is 2.30. The lowest BCUT2D eigenvalue weighted by molar-refractivity contribution is 0.288. The van der Waals surface area contributed by atoms with Crippen molar-refractivity contribution in [2.75, 3.05) is 43.2 Å². The number of hydrogen-bond donors (Lipinski definition) is 4. The number of fused-ring (bicyclic) bond motifs is 1. The highest BCUT2D eigenvalue weighted by atomic mass is 16.2. The summed E-state index contributed by atoms with van der Waals surface area (Å²) in [7, 11) is 3.58. The lowest BCUT2D eigenvalue weighted by atomic mass is 10.2. The van der Waals surface area contributed by atoms with Crippen molar-refractivity contribution in [3.05, 3.63) is 5.69 Å². The van der Waals surface area contributed by atoms with Crippen LogP contribution in [0.25, 0.3) is 11.0 Å². The van der Waals surface area contributed by atoms with Gasteiger partial charge in [0.15, 0.2) is 5.82 Å². The van der Waals surface area contributed by atoms with Gasteiger partial charge in [0.2, 0.25) is 11.9 Å². The van der Waals surface area contributed by atoms with Crippen LogP contribution in [0.1, 0.15) is 25.0 Å².